The first-order chi connectivity index (χ1) is 26.9. The molecule has 0 aliphatic rings. The molecule has 57 heavy (non-hydrogen) atoms. The number of aromatic hydroxyl groups is 1. The number of Topliss-reactive ketones (excluding diaryl/α,β-unsaturated/α-hetero) is 1. The first-order valence-corrected chi connectivity index (χ1v) is 21.0. The third kappa shape index (κ3) is 12.9. The lowest BCUT2D eigenvalue weighted by Gasteiger charge is -2.28. The highest BCUT2D eigenvalue weighted by Gasteiger charge is 2.59. The number of nitrogens with zero attached hydrogens (tertiary/aromatic N) is 1. The summed E-state index contributed by atoms with van der Waals surface area (Å²) in [6.07, 6.45) is 1.03. The van der Waals surface area contributed by atoms with Crippen LogP contribution in [0.15, 0.2) is 76.2 Å². The molecule has 20 heteroatoms. The van der Waals surface area contributed by atoms with Crippen molar-refractivity contribution in [3.8, 4) is 17.1 Å². The van der Waals surface area contributed by atoms with Crippen molar-refractivity contribution in [3.05, 3.63) is 93.9 Å². The van der Waals surface area contributed by atoms with E-state index in [9.17, 15) is 58.4 Å². The summed E-state index contributed by atoms with van der Waals surface area (Å²) in [5.74, 6) is -0.294. The van der Waals surface area contributed by atoms with Gasteiger partial charge in [0.05, 0.1) is 45.0 Å². The molecule has 4 aromatic rings. The van der Waals surface area contributed by atoms with Gasteiger partial charge in [-0.15, -0.1) is 0 Å². The number of rotatable bonds is 23. The van der Waals surface area contributed by atoms with Crippen LogP contribution >= 0.6 is 15.2 Å². The van der Waals surface area contributed by atoms with Crippen molar-refractivity contribution < 1.29 is 76.8 Å². The number of fused-ring (bicyclic) bond motifs is 1. The number of aliphatic hydroxyl groups excluding tert-OH is 1. The summed E-state index contributed by atoms with van der Waals surface area (Å²) >= 11 is 0. The number of phenols is 1. The second kappa shape index (κ2) is 20.5. The number of carbonyl (C=O) groups excluding carboxylic acids is 2. The number of ketones is 1. The van der Waals surface area contributed by atoms with Crippen LogP contribution in [0.2, 0.25) is 0 Å². The number of pyridine rings is 1. The molecule has 0 fully saturated rings. The molecule has 0 saturated heterocycles. The van der Waals surface area contributed by atoms with Crippen molar-refractivity contribution in [1.82, 2.24) is 5.32 Å². The maximum absolute atomic E-state index is 12.5. The summed E-state index contributed by atoms with van der Waals surface area (Å²) < 4.78 is 46.9. The Hall–Kier alpha value is -4.16. The van der Waals surface area contributed by atoms with Crippen LogP contribution in [0.25, 0.3) is 22.3 Å². The topological polar surface area (TPSA) is 284 Å². The molecule has 1 atom stereocenters. The Morgan fingerprint density at radius 1 is 0.895 bits per heavy atom. The Bertz CT molecular complexity index is 2130. The van der Waals surface area contributed by atoms with Gasteiger partial charge in [-0.3, -0.25) is 23.5 Å². The minimum Gasteiger partial charge on any atom is -0.504 e. The third-order valence-electron chi connectivity index (χ3n) is 8.78. The van der Waals surface area contributed by atoms with Gasteiger partial charge in [-0.05, 0) is 43.2 Å². The second-order valence-electron chi connectivity index (χ2n) is 13.2. The van der Waals surface area contributed by atoms with Gasteiger partial charge in [0.15, 0.2) is 35.7 Å². The van der Waals surface area contributed by atoms with Gasteiger partial charge < -0.3 is 58.8 Å². The largest absolute Gasteiger partial charge is 0.504 e. The summed E-state index contributed by atoms with van der Waals surface area (Å²) in [5, 5.41) is 30.3. The maximum Gasteiger partial charge on any atom is 0.369 e. The van der Waals surface area contributed by atoms with Gasteiger partial charge >= 0.3 is 15.2 Å². The van der Waals surface area contributed by atoms with Crippen LogP contribution in [0.4, 0.5) is 0 Å². The fourth-order valence-electron chi connectivity index (χ4n) is 5.53. The van der Waals surface area contributed by atoms with Crippen molar-refractivity contribution in [2.45, 2.75) is 50.3 Å². The molecule has 2 aromatic heterocycles. The first kappa shape index (κ1) is 45.5. The number of hydrogen-bond acceptors (Lipinski definition) is 12. The third-order valence-corrected chi connectivity index (χ3v) is 12.5. The normalized spacial score (nSPS) is 12.8. The van der Waals surface area contributed by atoms with E-state index in [1.54, 1.807) is 43.3 Å². The molecular formula is C37H47N2O16P2+. The van der Waals surface area contributed by atoms with Crippen LogP contribution in [0, 0.1) is 6.92 Å². The Balaban J connectivity index is 1.02. The number of carbonyl (C=O) groups is 2. The molecule has 0 saturated carbocycles. The fraction of sp³-hybridized carbons (Fsp3) is 0.405. The predicted molar refractivity (Wildman–Crippen MR) is 203 cm³/mol. The van der Waals surface area contributed by atoms with Crippen LogP contribution < -0.4 is 15.3 Å². The van der Waals surface area contributed by atoms with Crippen LogP contribution in [0.3, 0.4) is 0 Å². The molecule has 1 unspecified atom stereocenters. The minimum atomic E-state index is -5.63. The van der Waals surface area contributed by atoms with Crippen molar-refractivity contribution in [2.24, 2.45) is 0 Å². The van der Waals surface area contributed by atoms with Crippen molar-refractivity contribution in [2.75, 3.05) is 46.2 Å². The molecule has 18 nitrogen and oxygen atoms in total. The molecule has 0 spiro atoms. The number of hydrogen-bond donors (Lipinski definition) is 8. The van der Waals surface area contributed by atoms with Gasteiger partial charge in [-0.25, -0.2) is 4.57 Å². The van der Waals surface area contributed by atoms with E-state index in [1.165, 1.54) is 35.2 Å². The molecule has 1 amide bonds. The van der Waals surface area contributed by atoms with Gasteiger partial charge in [-0.2, -0.15) is 0 Å². The summed E-state index contributed by atoms with van der Waals surface area (Å²) in [5.41, 5.74) is 1.35. The van der Waals surface area contributed by atoms with Crippen molar-refractivity contribution >= 4 is 37.9 Å². The number of aryl methyl sites for hydroxylation is 1. The van der Waals surface area contributed by atoms with Crippen LogP contribution in [0.1, 0.15) is 40.7 Å². The maximum atomic E-state index is 12.5. The van der Waals surface area contributed by atoms with Crippen LogP contribution in [-0.2, 0) is 41.1 Å². The molecule has 2 heterocycles. The lowest BCUT2D eigenvalue weighted by molar-refractivity contribution is -0.704. The summed E-state index contributed by atoms with van der Waals surface area (Å²) in [6, 6.07) is 13.8. The molecule has 0 bridgehead atoms. The van der Waals surface area contributed by atoms with Gasteiger partial charge in [0, 0.05) is 54.6 Å². The zero-order valence-electron chi connectivity index (χ0n) is 31.1. The molecule has 2 aromatic carbocycles. The zero-order valence-corrected chi connectivity index (χ0v) is 32.8. The second-order valence-corrected chi connectivity index (χ2v) is 17.2. The smallest absolute Gasteiger partial charge is 0.369 e. The number of aromatic nitrogens is 1. The van der Waals surface area contributed by atoms with E-state index in [0.717, 1.165) is 0 Å². The molecule has 8 N–H and O–H groups in total. The van der Waals surface area contributed by atoms with Crippen LogP contribution in [-0.4, -0.2) is 104 Å². The standard InChI is InChI=1S/C37H46N2O16P2/c1-25-4-11-31-32(42)21-33(55-35(31)34(25)43)27-5-7-28(8-6-27)36(44)38-13-16-53-18-20-54-19-17-52-15-12-29(40)9-10-30(41)24-39-14-2-3-26(23-39)22-37(45,56(46,47)48)57(49,50)51/h2-8,11,14,21,23,30,41,45H,9-10,12-13,15-20,22,24H2,1H3,(H5-,38,43,44,46,47,48,49,50,51)/p+1. The SMILES string of the molecule is Cc1ccc2c(=O)cc(-c3ccc(C(=O)NCCOCCOCCOCCC(=O)CCC(O)C[n+]4cccc(CC(O)(P(=O)(O)O)P(=O)(O)O)c4)cc3)oc2c1O. The Morgan fingerprint density at radius 2 is 1.53 bits per heavy atom. The highest BCUT2D eigenvalue weighted by Crippen LogP contribution is 2.68. The van der Waals surface area contributed by atoms with Gasteiger partial charge in [0.1, 0.15) is 17.6 Å². The monoisotopic (exact) mass is 837 g/mol. The summed E-state index contributed by atoms with van der Waals surface area (Å²) in [7, 11) is -11.3. The van der Waals surface area contributed by atoms with Crippen molar-refractivity contribution in [1.29, 1.82) is 0 Å². The first-order valence-electron chi connectivity index (χ1n) is 17.8. The molecule has 4 rings (SSSR count). The molecular weight excluding hydrogens is 790 g/mol. The van der Waals surface area contributed by atoms with E-state index < -0.39 is 32.8 Å². The fourth-order valence-corrected chi connectivity index (χ4v) is 7.66. The van der Waals surface area contributed by atoms with E-state index in [-0.39, 0.29) is 117 Å². The van der Waals surface area contributed by atoms with Crippen LogP contribution in [0.5, 0.6) is 5.75 Å². The summed E-state index contributed by atoms with van der Waals surface area (Å²) in [6.45, 7) is 3.41. The van der Waals surface area contributed by atoms with E-state index in [4.69, 9.17) is 18.6 Å². The van der Waals surface area contributed by atoms with Gasteiger partial charge in [0.2, 0.25) is 0 Å². The van der Waals surface area contributed by atoms with Gasteiger partial charge in [-0.1, -0.05) is 18.2 Å². The number of phenolic OH excluding ortho intramolecular Hbond substituents is 1. The highest BCUT2D eigenvalue weighted by atomic mass is 31.2. The molecule has 310 valence electrons. The van der Waals surface area contributed by atoms with Crippen molar-refractivity contribution in [3.63, 3.8) is 0 Å². The Morgan fingerprint density at radius 3 is 2.18 bits per heavy atom. The van der Waals surface area contributed by atoms with E-state index in [1.807, 2.05) is 0 Å². The number of ether oxygens (including phenoxy) is 3. The number of amides is 1. The molecule has 0 aliphatic heterocycles. The van der Waals surface area contributed by atoms with E-state index in [0.29, 0.717) is 16.7 Å². The Labute approximate surface area is 327 Å². The average molecular weight is 838 g/mol. The molecule has 0 aliphatic carbocycles. The number of aliphatic hydroxyl groups is 2. The average Bonchev–Trinajstić information content (AvgIpc) is 3.15. The highest BCUT2D eigenvalue weighted by molar-refractivity contribution is 7.72. The minimum absolute atomic E-state index is 0.00210. The van der Waals surface area contributed by atoms with E-state index in [2.05, 4.69) is 5.32 Å². The number of benzene rings is 2. The zero-order chi connectivity index (χ0) is 41.8. The number of nitrogens with one attached hydrogen (secondary N) is 1. The van der Waals surface area contributed by atoms with Gasteiger partial charge in [0.25, 0.3) is 11.0 Å². The molecule has 0 radical (unpaired) electrons. The van der Waals surface area contributed by atoms with E-state index >= 15 is 0 Å². The lowest BCUT2D eigenvalue weighted by Crippen LogP contribution is -2.40. The predicted octanol–water partition coefficient (Wildman–Crippen LogP) is 1.89. The quantitative estimate of drug-likeness (QED) is 0.0301. The Kier molecular flexibility index (Phi) is 16.4. The summed E-state index contributed by atoms with van der Waals surface area (Å²) in [4.78, 5) is 74.8. The lowest BCUT2D eigenvalue weighted by atomic mass is 10.1.